The lowest BCUT2D eigenvalue weighted by Crippen LogP contribution is -1.83. The Balaban J connectivity index is 3.01. The van der Waals surface area contributed by atoms with Crippen LogP contribution in [0.25, 0.3) is 0 Å². The zero-order valence-corrected chi connectivity index (χ0v) is 18.5. The van der Waals surface area contributed by atoms with Crippen molar-refractivity contribution in [3.63, 3.8) is 0 Å². The van der Waals surface area contributed by atoms with Crippen molar-refractivity contribution in [2.24, 2.45) is 0 Å². The molecule has 0 spiro atoms. The van der Waals surface area contributed by atoms with Crippen molar-refractivity contribution in [2.45, 2.75) is 142 Å². The van der Waals surface area contributed by atoms with Gasteiger partial charge in [0.25, 0.3) is 0 Å². The van der Waals surface area contributed by atoms with Crippen LogP contribution in [0.5, 0.6) is 0 Å². The van der Waals surface area contributed by atoms with E-state index in [-0.39, 0.29) is 0 Å². The molecule has 26 heavy (non-hydrogen) atoms. The van der Waals surface area contributed by atoms with Crippen LogP contribution in [0.3, 0.4) is 0 Å². The van der Waals surface area contributed by atoms with Gasteiger partial charge in [0.05, 0.1) is 0 Å². The minimum atomic E-state index is 1.19. The van der Waals surface area contributed by atoms with Crippen LogP contribution >= 0.6 is 0 Å². The Morgan fingerprint density at radius 3 is 0.769 bits per heavy atom. The fourth-order valence-corrected chi connectivity index (χ4v) is 3.57. The zero-order chi connectivity index (χ0) is 19.0. The summed E-state index contributed by atoms with van der Waals surface area (Å²) < 4.78 is 0. The van der Waals surface area contributed by atoms with Crippen molar-refractivity contribution in [2.75, 3.05) is 0 Å². The Morgan fingerprint density at radius 2 is 0.538 bits per heavy atom. The Bertz CT molecular complexity index is 256. The summed E-state index contributed by atoms with van der Waals surface area (Å²) in [6.07, 6.45) is 37.6. The molecule has 0 saturated heterocycles. The highest BCUT2D eigenvalue weighted by Gasteiger charge is 1.94. The van der Waals surface area contributed by atoms with E-state index in [1.54, 1.807) is 0 Å². The van der Waals surface area contributed by atoms with Gasteiger partial charge in [-0.15, -0.1) is 0 Å². The van der Waals surface area contributed by atoms with Gasteiger partial charge in [0, 0.05) is 0 Å². The van der Waals surface area contributed by atoms with Crippen LogP contribution in [-0.2, 0) is 0 Å². The molecule has 0 aromatic carbocycles. The lowest BCUT2D eigenvalue weighted by Gasteiger charge is -2.03. The molecular formula is C26H50. The van der Waals surface area contributed by atoms with Gasteiger partial charge in [-0.05, 0) is 38.5 Å². The van der Waals surface area contributed by atoms with E-state index in [2.05, 4.69) is 38.2 Å². The Kier molecular flexibility index (Phi) is 24.0. The molecule has 0 aliphatic carbocycles. The highest BCUT2D eigenvalue weighted by atomic mass is 14.0. The molecule has 0 atom stereocenters. The summed E-state index contributed by atoms with van der Waals surface area (Å²) in [5.41, 5.74) is 0. The summed E-state index contributed by atoms with van der Waals surface area (Å²) in [5.74, 6) is 0. The van der Waals surface area contributed by atoms with Gasteiger partial charge in [-0.1, -0.05) is 128 Å². The van der Waals surface area contributed by atoms with E-state index in [4.69, 9.17) is 0 Å². The molecule has 0 aromatic heterocycles. The first kappa shape index (κ1) is 25.5. The highest BCUT2D eigenvalue weighted by Crippen LogP contribution is 2.14. The Hall–Kier alpha value is -0.520. The van der Waals surface area contributed by atoms with Crippen molar-refractivity contribution < 1.29 is 0 Å². The third-order valence-electron chi connectivity index (χ3n) is 5.30. The normalized spacial score (nSPS) is 11.9. The van der Waals surface area contributed by atoms with Gasteiger partial charge < -0.3 is 0 Å². The van der Waals surface area contributed by atoms with Crippen molar-refractivity contribution in [3.8, 4) is 0 Å². The highest BCUT2D eigenvalue weighted by molar-refractivity contribution is 4.80. The van der Waals surface area contributed by atoms with Crippen LogP contribution in [0.15, 0.2) is 24.3 Å². The molecule has 0 radical (unpaired) electrons. The number of allylic oxidation sites excluding steroid dienone is 4. The standard InChI is InChI=1S/C26H50/c1-3-5-7-9-11-13-15-17-19-21-23-25-26-24-22-20-18-16-14-12-10-8-6-4-2/h5-8H,3-4,9-26H2,1-2H3. The molecule has 0 aromatic rings. The smallest absolute Gasteiger partial charge is 0.0351 e. The first-order chi connectivity index (χ1) is 12.9. The summed E-state index contributed by atoms with van der Waals surface area (Å²) in [5, 5.41) is 0. The molecule has 0 nitrogen and oxygen atoms in total. The van der Waals surface area contributed by atoms with Gasteiger partial charge in [-0.3, -0.25) is 0 Å². The molecule has 0 saturated carbocycles. The summed E-state index contributed by atoms with van der Waals surface area (Å²) in [7, 11) is 0. The van der Waals surface area contributed by atoms with Gasteiger partial charge in [0.1, 0.15) is 0 Å². The first-order valence-electron chi connectivity index (χ1n) is 12.2. The SMILES string of the molecule is CCC=CCCCCCCCCCCCCCCCCCCC=CCC. The van der Waals surface area contributed by atoms with E-state index < -0.39 is 0 Å². The second-order valence-electron chi connectivity index (χ2n) is 7.99. The molecule has 0 heterocycles. The van der Waals surface area contributed by atoms with E-state index in [9.17, 15) is 0 Å². The van der Waals surface area contributed by atoms with Crippen molar-refractivity contribution >= 4 is 0 Å². The topological polar surface area (TPSA) is 0 Å². The van der Waals surface area contributed by atoms with Gasteiger partial charge >= 0.3 is 0 Å². The fourth-order valence-electron chi connectivity index (χ4n) is 3.57. The maximum Gasteiger partial charge on any atom is -0.0351 e. The van der Waals surface area contributed by atoms with E-state index in [0.29, 0.717) is 0 Å². The van der Waals surface area contributed by atoms with Crippen molar-refractivity contribution in [1.82, 2.24) is 0 Å². The van der Waals surface area contributed by atoms with Crippen molar-refractivity contribution in [3.05, 3.63) is 24.3 Å². The summed E-state index contributed by atoms with van der Waals surface area (Å²) >= 11 is 0. The van der Waals surface area contributed by atoms with E-state index >= 15 is 0 Å². The summed E-state index contributed by atoms with van der Waals surface area (Å²) in [6.45, 7) is 4.43. The first-order valence-corrected chi connectivity index (χ1v) is 12.2. The number of hydrogen-bond acceptors (Lipinski definition) is 0. The monoisotopic (exact) mass is 362 g/mol. The van der Waals surface area contributed by atoms with Crippen LogP contribution in [0.4, 0.5) is 0 Å². The number of hydrogen-bond donors (Lipinski definition) is 0. The second kappa shape index (κ2) is 24.5. The Morgan fingerprint density at radius 1 is 0.308 bits per heavy atom. The average molecular weight is 363 g/mol. The molecule has 0 fully saturated rings. The molecule has 0 rings (SSSR count). The van der Waals surface area contributed by atoms with Crippen LogP contribution in [0.2, 0.25) is 0 Å². The minimum absolute atomic E-state index is 1.19. The molecule has 0 N–H and O–H groups in total. The van der Waals surface area contributed by atoms with Gasteiger partial charge in [0.2, 0.25) is 0 Å². The zero-order valence-electron chi connectivity index (χ0n) is 18.5. The molecular weight excluding hydrogens is 312 g/mol. The van der Waals surface area contributed by atoms with Crippen molar-refractivity contribution in [1.29, 1.82) is 0 Å². The third-order valence-corrected chi connectivity index (χ3v) is 5.30. The van der Waals surface area contributed by atoms with Crippen LogP contribution < -0.4 is 0 Å². The lowest BCUT2D eigenvalue weighted by molar-refractivity contribution is 0.528. The van der Waals surface area contributed by atoms with Gasteiger partial charge in [-0.2, -0.15) is 0 Å². The fraction of sp³-hybridized carbons (Fsp3) is 0.846. The van der Waals surface area contributed by atoms with Crippen LogP contribution in [0, 0.1) is 0 Å². The summed E-state index contributed by atoms with van der Waals surface area (Å²) in [4.78, 5) is 0. The predicted molar refractivity (Wildman–Crippen MR) is 122 cm³/mol. The van der Waals surface area contributed by atoms with Crippen LogP contribution in [0.1, 0.15) is 142 Å². The molecule has 0 aliphatic rings. The molecule has 0 aliphatic heterocycles. The van der Waals surface area contributed by atoms with E-state index in [1.807, 2.05) is 0 Å². The number of rotatable bonds is 21. The number of unbranched alkanes of at least 4 members (excludes halogenated alkanes) is 17. The maximum absolute atomic E-state index is 2.35. The largest absolute Gasteiger partial charge is 0.0888 e. The molecule has 0 heteroatoms. The summed E-state index contributed by atoms with van der Waals surface area (Å²) in [6, 6.07) is 0. The molecule has 0 unspecified atom stereocenters. The van der Waals surface area contributed by atoms with Crippen LogP contribution in [-0.4, -0.2) is 0 Å². The lowest BCUT2D eigenvalue weighted by atomic mass is 10.0. The molecule has 154 valence electrons. The molecule has 0 bridgehead atoms. The molecule has 0 amide bonds. The van der Waals surface area contributed by atoms with Gasteiger partial charge in [0.15, 0.2) is 0 Å². The predicted octanol–water partition coefficient (Wildman–Crippen LogP) is 9.94. The van der Waals surface area contributed by atoms with E-state index in [0.717, 1.165) is 0 Å². The average Bonchev–Trinajstić information content (AvgIpc) is 2.66. The third kappa shape index (κ3) is 23.5. The maximum atomic E-state index is 2.35. The van der Waals surface area contributed by atoms with Gasteiger partial charge in [-0.25, -0.2) is 0 Å². The minimum Gasteiger partial charge on any atom is -0.0888 e. The second-order valence-corrected chi connectivity index (χ2v) is 7.99. The van der Waals surface area contributed by atoms with E-state index in [1.165, 1.54) is 128 Å². The Labute approximate surface area is 166 Å². The quantitative estimate of drug-likeness (QED) is 0.141.